The van der Waals surface area contributed by atoms with Crippen LogP contribution in [0.5, 0.6) is 5.75 Å². The van der Waals surface area contributed by atoms with Gasteiger partial charge in [0, 0.05) is 23.2 Å². The molecule has 2 aromatic carbocycles. The summed E-state index contributed by atoms with van der Waals surface area (Å²) in [6.07, 6.45) is 1.73. The summed E-state index contributed by atoms with van der Waals surface area (Å²) in [6.45, 7) is 2.46. The standard InChI is InChI=1S/C20H24FNOS/c21-17(7-6-16-4-2-1-3-5-16)14-22-13-12-20(15-22)24-19-10-8-18(23)9-11-19/h1-5,8-11,17,20,23H,6-7,12-15H2. The number of nitrogens with zero attached hydrogens (tertiary/aromatic N) is 1. The summed E-state index contributed by atoms with van der Waals surface area (Å²) in [5.74, 6) is 0.297. The van der Waals surface area contributed by atoms with Gasteiger partial charge < -0.3 is 5.11 Å². The minimum atomic E-state index is -0.761. The van der Waals surface area contributed by atoms with E-state index in [1.807, 2.05) is 42.1 Å². The molecule has 2 atom stereocenters. The van der Waals surface area contributed by atoms with E-state index in [-0.39, 0.29) is 0 Å². The molecule has 1 aliphatic heterocycles. The van der Waals surface area contributed by atoms with Gasteiger partial charge in [0.15, 0.2) is 0 Å². The van der Waals surface area contributed by atoms with Crippen molar-refractivity contribution in [3.8, 4) is 5.75 Å². The second kappa shape index (κ2) is 8.54. The zero-order chi connectivity index (χ0) is 16.8. The Balaban J connectivity index is 1.40. The third-order valence-electron chi connectivity index (χ3n) is 4.41. The maximum Gasteiger partial charge on any atom is 0.115 e. The Bertz CT molecular complexity index is 619. The summed E-state index contributed by atoms with van der Waals surface area (Å²) in [5, 5.41) is 9.84. The molecule has 4 heteroatoms. The van der Waals surface area contributed by atoms with E-state index in [9.17, 15) is 9.50 Å². The molecule has 3 rings (SSSR count). The lowest BCUT2D eigenvalue weighted by atomic mass is 10.1. The van der Waals surface area contributed by atoms with Crippen LogP contribution in [0.25, 0.3) is 0 Å². The largest absolute Gasteiger partial charge is 0.508 e. The van der Waals surface area contributed by atoms with Gasteiger partial charge in [-0.2, -0.15) is 0 Å². The van der Waals surface area contributed by atoms with E-state index < -0.39 is 6.17 Å². The van der Waals surface area contributed by atoms with Crippen LogP contribution in [0.2, 0.25) is 0 Å². The van der Waals surface area contributed by atoms with E-state index >= 15 is 0 Å². The van der Waals surface area contributed by atoms with E-state index in [0.717, 1.165) is 25.9 Å². The SMILES string of the molecule is Oc1ccc(SC2CCN(CC(F)CCc3ccccc3)C2)cc1. The highest BCUT2D eigenvalue weighted by Gasteiger charge is 2.25. The van der Waals surface area contributed by atoms with Gasteiger partial charge in [0.05, 0.1) is 0 Å². The Morgan fingerprint density at radius 1 is 1.12 bits per heavy atom. The fraction of sp³-hybridized carbons (Fsp3) is 0.400. The maximum atomic E-state index is 14.3. The molecule has 0 saturated carbocycles. The molecule has 0 amide bonds. The first-order chi connectivity index (χ1) is 11.7. The number of aryl methyl sites for hydroxylation is 1. The number of halogens is 1. The van der Waals surface area contributed by atoms with Crippen molar-refractivity contribution in [1.82, 2.24) is 4.90 Å². The summed E-state index contributed by atoms with van der Waals surface area (Å²) in [5.41, 5.74) is 1.21. The van der Waals surface area contributed by atoms with Gasteiger partial charge >= 0.3 is 0 Å². The second-order valence-electron chi connectivity index (χ2n) is 6.40. The van der Waals surface area contributed by atoms with Crippen molar-refractivity contribution in [2.45, 2.75) is 35.6 Å². The van der Waals surface area contributed by atoms with Crippen LogP contribution in [0.15, 0.2) is 59.5 Å². The molecule has 128 valence electrons. The highest BCUT2D eigenvalue weighted by atomic mass is 32.2. The predicted molar refractivity (Wildman–Crippen MR) is 98.5 cm³/mol. The van der Waals surface area contributed by atoms with Crippen molar-refractivity contribution in [1.29, 1.82) is 0 Å². The smallest absolute Gasteiger partial charge is 0.115 e. The minimum absolute atomic E-state index is 0.297. The molecule has 1 aliphatic rings. The minimum Gasteiger partial charge on any atom is -0.508 e. The van der Waals surface area contributed by atoms with E-state index in [2.05, 4.69) is 17.0 Å². The van der Waals surface area contributed by atoms with Crippen LogP contribution in [0.4, 0.5) is 4.39 Å². The summed E-state index contributed by atoms with van der Waals surface area (Å²) in [7, 11) is 0. The third-order valence-corrected chi connectivity index (χ3v) is 5.68. The second-order valence-corrected chi connectivity index (χ2v) is 7.78. The number of hydrogen-bond acceptors (Lipinski definition) is 3. The van der Waals surface area contributed by atoms with Crippen LogP contribution in [-0.2, 0) is 6.42 Å². The van der Waals surface area contributed by atoms with Crippen LogP contribution in [0.3, 0.4) is 0 Å². The number of phenols is 1. The van der Waals surface area contributed by atoms with Crippen molar-refractivity contribution < 1.29 is 9.50 Å². The molecule has 1 fully saturated rings. The predicted octanol–water partition coefficient (Wildman–Crippen LogP) is 4.53. The molecule has 2 nitrogen and oxygen atoms in total. The molecule has 24 heavy (non-hydrogen) atoms. The van der Waals surface area contributed by atoms with Crippen LogP contribution < -0.4 is 0 Å². The maximum absolute atomic E-state index is 14.3. The van der Waals surface area contributed by atoms with E-state index in [1.165, 1.54) is 10.5 Å². The van der Waals surface area contributed by atoms with Gasteiger partial charge in [-0.15, -0.1) is 11.8 Å². The Morgan fingerprint density at radius 3 is 2.62 bits per heavy atom. The van der Waals surface area contributed by atoms with Gasteiger partial charge in [-0.25, -0.2) is 4.39 Å². The number of likely N-dealkylation sites (tertiary alicyclic amines) is 1. The summed E-state index contributed by atoms with van der Waals surface area (Å²) in [4.78, 5) is 3.41. The first-order valence-electron chi connectivity index (χ1n) is 8.55. The number of thioether (sulfide) groups is 1. The van der Waals surface area contributed by atoms with Gasteiger partial charge in [-0.3, -0.25) is 4.90 Å². The normalized spacial score (nSPS) is 19.5. The molecule has 1 heterocycles. The number of phenolic OH excluding ortho intramolecular Hbond substituents is 1. The highest BCUT2D eigenvalue weighted by molar-refractivity contribution is 8.00. The number of rotatable bonds is 7. The molecule has 0 aromatic heterocycles. The Kier molecular flexibility index (Phi) is 6.16. The molecule has 0 spiro atoms. The summed E-state index contributed by atoms with van der Waals surface area (Å²) >= 11 is 1.83. The van der Waals surface area contributed by atoms with Crippen molar-refractivity contribution in [3.05, 3.63) is 60.2 Å². The van der Waals surface area contributed by atoms with Crippen LogP contribution in [0, 0.1) is 0 Å². The zero-order valence-electron chi connectivity index (χ0n) is 13.8. The van der Waals surface area contributed by atoms with Crippen molar-refractivity contribution in [2.75, 3.05) is 19.6 Å². The molecular formula is C20H24FNOS. The van der Waals surface area contributed by atoms with Gasteiger partial charge in [-0.05, 0) is 55.6 Å². The van der Waals surface area contributed by atoms with Crippen molar-refractivity contribution in [2.24, 2.45) is 0 Å². The quantitative estimate of drug-likeness (QED) is 0.797. The number of alkyl halides is 1. The lowest BCUT2D eigenvalue weighted by Crippen LogP contribution is -2.29. The molecule has 0 radical (unpaired) electrons. The summed E-state index contributed by atoms with van der Waals surface area (Å²) < 4.78 is 14.3. The van der Waals surface area contributed by atoms with Gasteiger partial charge in [-0.1, -0.05) is 30.3 Å². The third kappa shape index (κ3) is 5.25. The molecule has 1 N–H and O–H groups in total. The fourth-order valence-corrected chi connectivity index (χ4v) is 4.30. The monoisotopic (exact) mass is 345 g/mol. The zero-order valence-corrected chi connectivity index (χ0v) is 14.6. The van der Waals surface area contributed by atoms with Crippen LogP contribution in [0.1, 0.15) is 18.4 Å². The van der Waals surface area contributed by atoms with Crippen molar-refractivity contribution >= 4 is 11.8 Å². The lowest BCUT2D eigenvalue weighted by Gasteiger charge is -2.18. The number of aromatic hydroxyl groups is 1. The van der Waals surface area contributed by atoms with Crippen LogP contribution >= 0.6 is 11.8 Å². The first-order valence-corrected chi connectivity index (χ1v) is 9.43. The number of benzene rings is 2. The average Bonchev–Trinajstić information content (AvgIpc) is 3.03. The molecular weight excluding hydrogens is 321 g/mol. The Hall–Kier alpha value is -1.52. The summed E-state index contributed by atoms with van der Waals surface area (Å²) in [6, 6.07) is 17.5. The molecule has 1 saturated heterocycles. The van der Waals surface area contributed by atoms with Gasteiger partial charge in [0.1, 0.15) is 11.9 Å². The molecule has 2 aromatic rings. The van der Waals surface area contributed by atoms with E-state index in [1.54, 1.807) is 12.1 Å². The lowest BCUT2D eigenvalue weighted by molar-refractivity contribution is 0.211. The van der Waals surface area contributed by atoms with E-state index in [4.69, 9.17) is 0 Å². The van der Waals surface area contributed by atoms with Gasteiger partial charge in [0.25, 0.3) is 0 Å². The Morgan fingerprint density at radius 2 is 1.88 bits per heavy atom. The molecule has 0 bridgehead atoms. The fourth-order valence-electron chi connectivity index (χ4n) is 3.12. The molecule has 0 aliphatic carbocycles. The van der Waals surface area contributed by atoms with Crippen LogP contribution in [-0.4, -0.2) is 41.1 Å². The number of hydrogen-bond donors (Lipinski definition) is 1. The molecule has 2 unspecified atom stereocenters. The van der Waals surface area contributed by atoms with Gasteiger partial charge in [0.2, 0.25) is 0 Å². The first kappa shape index (κ1) is 17.3. The Labute approximate surface area is 147 Å². The van der Waals surface area contributed by atoms with E-state index in [0.29, 0.717) is 24.0 Å². The average molecular weight is 345 g/mol. The highest BCUT2D eigenvalue weighted by Crippen LogP contribution is 2.30. The van der Waals surface area contributed by atoms with Crippen molar-refractivity contribution in [3.63, 3.8) is 0 Å². The topological polar surface area (TPSA) is 23.5 Å².